The van der Waals surface area contributed by atoms with Gasteiger partial charge in [0.1, 0.15) is 0 Å². The van der Waals surface area contributed by atoms with Crippen LogP contribution < -0.4 is 5.32 Å². The third-order valence-corrected chi connectivity index (χ3v) is 2.59. The molecule has 1 heterocycles. The Morgan fingerprint density at radius 2 is 2.06 bits per heavy atom. The SMILES string of the molecule is CC(C)CC(CCl)NC(=O)c1ccncc1. The number of carbonyl (C=O) groups excluding carboxylic acids is 1. The van der Waals surface area contributed by atoms with Gasteiger partial charge in [-0.25, -0.2) is 0 Å². The largest absolute Gasteiger partial charge is 0.348 e. The molecular formula is C12H17ClN2O. The van der Waals surface area contributed by atoms with Gasteiger partial charge in [-0.05, 0) is 24.5 Å². The molecule has 0 aliphatic carbocycles. The lowest BCUT2D eigenvalue weighted by atomic mass is 10.0. The lowest BCUT2D eigenvalue weighted by Gasteiger charge is -2.17. The summed E-state index contributed by atoms with van der Waals surface area (Å²) < 4.78 is 0. The first-order valence-corrected chi connectivity index (χ1v) is 5.93. The van der Waals surface area contributed by atoms with Crippen molar-refractivity contribution in [2.75, 3.05) is 5.88 Å². The lowest BCUT2D eigenvalue weighted by Crippen LogP contribution is -2.37. The fourth-order valence-corrected chi connectivity index (χ4v) is 1.70. The van der Waals surface area contributed by atoms with Crippen molar-refractivity contribution in [3.63, 3.8) is 0 Å². The molecule has 0 aliphatic heterocycles. The first-order chi connectivity index (χ1) is 7.63. The Kier molecular flexibility index (Phi) is 5.26. The van der Waals surface area contributed by atoms with Crippen molar-refractivity contribution in [3.8, 4) is 0 Å². The highest BCUT2D eigenvalue weighted by atomic mass is 35.5. The van der Waals surface area contributed by atoms with E-state index in [4.69, 9.17) is 11.6 Å². The van der Waals surface area contributed by atoms with E-state index < -0.39 is 0 Å². The fraction of sp³-hybridized carbons (Fsp3) is 0.500. The minimum atomic E-state index is -0.0892. The minimum absolute atomic E-state index is 0.0299. The van der Waals surface area contributed by atoms with Gasteiger partial charge in [0.25, 0.3) is 5.91 Å². The number of rotatable bonds is 5. The Morgan fingerprint density at radius 1 is 1.44 bits per heavy atom. The minimum Gasteiger partial charge on any atom is -0.348 e. The number of pyridine rings is 1. The molecule has 1 atom stereocenters. The smallest absolute Gasteiger partial charge is 0.251 e. The van der Waals surface area contributed by atoms with Crippen LogP contribution in [0.1, 0.15) is 30.6 Å². The summed E-state index contributed by atoms with van der Waals surface area (Å²) in [5, 5.41) is 2.92. The molecule has 0 bridgehead atoms. The molecule has 0 saturated heterocycles. The zero-order valence-electron chi connectivity index (χ0n) is 9.61. The van der Waals surface area contributed by atoms with Crippen LogP contribution in [-0.4, -0.2) is 22.8 Å². The summed E-state index contributed by atoms with van der Waals surface area (Å²) in [4.78, 5) is 15.7. The van der Waals surface area contributed by atoms with Gasteiger partial charge in [-0.3, -0.25) is 9.78 Å². The molecule has 0 spiro atoms. The topological polar surface area (TPSA) is 42.0 Å². The zero-order chi connectivity index (χ0) is 12.0. The van der Waals surface area contributed by atoms with E-state index in [2.05, 4.69) is 24.1 Å². The third kappa shape index (κ3) is 4.19. The van der Waals surface area contributed by atoms with E-state index in [1.165, 1.54) is 0 Å². The molecular weight excluding hydrogens is 224 g/mol. The Bertz CT molecular complexity index is 327. The fourth-order valence-electron chi connectivity index (χ4n) is 1.50. The molecule has 88 valence electrons. The molecule has 0 aliphatic rings. The monoisotopic (exact) mass is 240 g/mol. The number of alkyl halides is 1. The molecule has 1 rings (SSSR count). The van der Waals surface area contributed by atoms with Gasteiger partial charge in [0.05, 0.1) is 0 Å². The molecule has 0 fully saturated rings. The third-order valence-electron chi connectivity index (χ3n) is 2.22. The number of carbonyl (C=O) groups is 1. The Labute approximate surface area is 101 Å². The van der Waals surface area contributed by atoms with Crippen LogP contribution in [0, 0.1) is 5.92 Å². The van der Waals surface area contributed by atoms with Gasteiger partial charge < -0.3 is 5.32 Å². The first-order valence-electron chi connectivity index (χ1n) is 5.40. The van der Waals surface area contributed by atoms with Crippen molar-refractivity contribution in [1.82, 2.24) is 10.3 Å². The molecule has 0 aromatic carbocycles. The van der Waals surface area contributed by atoms with Gasteiger partial charge in [-0.2, -0.15) is 0 Å². The van der Waals surface area contributed by atoms with Gasteiger partial charge in [-0.15, -0.1) is 11.6 Å². The number of hydrogen-bond acceptors (Lipinski definition) is 2. The van der Waals surface area contributed by atoms with Crippen LogP contribution >= 0.6 is 11.6 Å². The van der Waals surface area contributed by atoms with Crippen molar-refractivity contribution < 1.29 is 4.79 Å². The average Bonchev–Trinajstić information content (AvgIpc) is 2.28. The zero-order valence-corrected chi connectivity index (χ0v) is 10.4. The highest BCUT2D eigenvalue weighted by Crippen LogP contribution is 2.07. The van der Waals surface area contributed by atoms with Crippen LogP contribution in [0.3, 0.4) is 0 Å². The summed E-state index contributed by atoms with van der Waals surface area (Å²) in [5.74, 6) is 0.866. The molecule has 1 amide bonds. The summed E-state index contributed by atoms with van der Waals surface area (Å²) in [6.07, 6.45) is 4.10. The molecule has 1 N–H and O–H groups in total. The van der Waals surface area contributed by atoms with E-state index in [-0.39, 0.29) is 11.9 Å². The van der Waals surface area contributed by atoms with Crippen LogP contribution in [0.4, 0.5) is 0 Å². The van der Waals surface area contributed by atoms with E-state index in [1.54, 1.807) is 24.5 Å². The Hall–Kier alpha value is -1.09. The lowest BCUT2D eigenvalue weighted by molar-refractivity contribution is 0.0936. The van der Waals surface area contributed by atoms with Crippen molar-refractivity contribution in [3.05, 3.63) is 30.1 Å². The molecule has 1 aromatic rings. The second-order valence-corrected chi connectivity index (χ2v) is 4.50. The Morgan fingerprint density at radius 3 is 2.56 bits per heavy atom. The van der Waals surface area contributed by atoms with Gasteiger partial charge in [0, 0.05) is 29.9 Å². The van der Waals surface area contributed by atoms with E-state index in [0.29, 0.717) is 17.4 Å². The number of hydrogen-bond donors (Lipinski definition) is 1. The number of halogens is 1. The van der Waals surface area contributed by atoms with Crippen molar-refractivity contribution >= 4 is 17.5 Å². The predicted molar refractivity (Wildman–Crippen MR) is 65.7 cm³/mol. The molecule has 0 saturated carbocycles. The normalized spacial score (nSPS) is 12.5. The quantitative estimate of drug-likeness (QED) is 0.804. The highest BCUT2D eigenvalue weighted by Gasteiger charge is 2.13. The maximum Gasteiger partial charge on any atom is 0.251 e. The van der Waals surface area contributed by atoms with Crippen LogP contribution in [0.15, 0.2) is 24.5 Å². The first kappa shape index (κ1) is 13.0. The maximum atomic E-state index is 11.8. The molecule has 1 unspecified atom stereocenters. The molecule has 0 radical (unpaired) electrons. The van der Waals surface area contributed by atoms with Crippen LogP contribution in [-0.2, 0) is 0 Å². The summed E-state index contributed by atoms with van der Waals surface area (Å²) in [7, 11) is 0. The highest BCUT2D eigenvalue weighted by molar-refractivity contribution is 6.18. The van der Waals surface area contributed by atoms with Crippen molar-refractivity contribution in [2.45, 2.75) is 26.3 Å². The molecule has 3 nitrogen and oxygen atoms in total. The van der Waals surface area contributed by atoms with E-state index in [9.17, 15) is 4.79 Å². The number of amides is 1. The van der Waals surface area contributed by atoms with E-state index in [0.717, 1.165) is 6.42 Å². The average molecular weight is 241 g/mol. The van der Waals surface area contributed by atoms with Gasteiger partial charge >= 0.3 is 0 Å². The molecule has 16 heavy (non-hydrogen) atoms. The predicted octanol–water partition coefficient (Wildman–Crippen LogP) is 2.46. The van der Waals surface area contributed by atoms with Crippen molar-refractivity contribution in [1.29, 1.82) is 0 Å². The van der Waals surface area contributed by atoms with Crippen LogP contribution in [0.5, 0.6) is 0 Å². The van der Waals surface area contributed by atoms with Crippen LogP contribution in [0.2, 0.25) is 0 Å². The maximum absolute atomic E-state index is 11.8. The van der Waals surface area contributed by atoms with E-state index >= 15 is 0 Å². The number of aromatic nitrogens is 1. The number of nitrogens with one attached hydrogen (secondary N) is 1. The second-order valence-electron chi connectivity index (χ2n) is 4.19. The van der Waals surface area contributed by atoms with Gasteiger partial charge in [-0.1, -0.05) is 13.8 Å². The summed E-state index contributed by atoms with van der Waals surface area (Å²) in [6, 6.07) is 3.41. The molecule has 4 heteroatoms. The second kappa shape index (κ2) is 6.48. The van der Waals surface area contributed by atoms with E-state index in [1.807, 2.05) is 0 Å². The number of nitrogens with zero attached hydrogens (tertiary/aromatic N) is 1. The van der Waals surface area contributed by atoms with Gasteiger partial charge in [0.15, 0.2) is 0 Å². The summed E-state index contributed by atoms with van der Waals surface area (Å²) in [6.45, 7) is 4.22. The van der Waals surface area contributed by atoms with Crippen LogP contribution in [0.25, 0.3) is 0 Å². The standard InChI is InChI=1S/C12H17ClN2O/c1-9(2)7-11(8-13)15-12(16)10-3-5-14-6-4-10/h3-6,9,11H,7-8H2,1-2H3,(H,15,16). The Balaban J connectivity index is 2.56. The molecule has 1 aromatic heterocycles. The summed E-state index contributed by atoms with van der Waals surface area (Å²) >= 11 is 5.82. The van der Waals surface area contributed by atoms with Crippen molar-refractivity contribution in [2.24, 2.45) is 5.92 Å². The summed E-state index contributed by atoms with van der Waals surface area (Å²) in [5.41, 5.74) is 0.619. The van der Waals surface area contributed by atoms with Gasteiger partial charge in [0.2, 0.25) is 0 Å².